The van der Waals surface area contributed by atoms with Crippen LogP contribution in [0.1, 0.15) is 12.8 Å². The Morgan fingerprint density at radius 1 is 1.00 bits per heavy atom. The third kappa shape index (κ3) is 14.4. The summed E-state index contributed by atoms with van der Waals surface area (Å²) in [7, 11) is -5.17. The smallest absolute Gasteiger partial charge is 0.759 e. The molecule has 0 aliphatic heterocycles. The normalized spacial score (nSPS) is 22.0. The summed E-state index contributed by atoms with van der Waals surface area (Å²) >= 11 is 0. The average molecular weight is 441 g/mol. The van der Waals surface area contributed by atoms with E-state index in [1.165, 1.54) is 12.8 Å². The van der Waals surface area contributed by atoms with Crippen molar-refractivity contribution in [3.8, 4) is 0 Å². The standard InChI is InChI=1S/C6H14N2.H2O4S.2H2O.Pt/c7-3-5-1-2-6(5)4-8;1-5(2,3)4;;;/h5-6H,1-4,7-8H2;(H2,1,2,3,4);2*1H2;/q;;;;+2/p-2/t5-,6-;;;;/m1..../s1. The molecular formula is C6H18N2O6PtS. The molecule has 1 rings (SSSR count). The van der Waals surface area contributed by atoms with Gasteiger partial charge >= 0.3 is 21.1 Å². The van der Waals surface area contributed by atoms with Crippen molar-refractivity contribution in [2.75, 3.05) is 13.1 Å². The molecule has 0 bridgehead atoms. The van der Waals surface area contributed by atoms with Gasteiger partial charge in [-0.3, -0.25) is 8.42 Å². The van der Waals surface area contributed by atoms with Crippen molar-refractivity contribution in [1.82, 2.24) is 0 Å². The predicted molar refractivity (Wildman–Crippen MR) is 52.0 cm³/mol. The molecule has 0 aromatic carbocycles. The van der Waals surface area contributed by atoms with E-state index >= 15 is 0 Å². The third-order valence-electron chi connectivity index (χ3n) is 2.18. The molecule has 16 heavy (non-hydrogen) atoms. The van der Waals surface area contributed by atoms with E-state index in [2.05, 4.69) is 0 Å². The van der Waals surface area contributed by atoms with Crippen LogP contribution < -0.4 is 11.5 Å². The van der Waals surface area contributed by atoms with Gasteiger partial charge in [0, 0.05) is 10.4 Å². The molecule has 0 saturated heterocycles. The van der Waals surface area contributed by atoms with E-state index in [9.17, 15) is 0 Å². The first-order valence-corrected chi connectivity index (χ1v) is 5.28. The molecule has 0 amide bonds. The van der Waals surface area contributed by atoms with Crippen LogP contribution >= 0.6 is 0 Å². The molecule has 104 valence electrons. The molecule has 8 N–H and O–H groups in total. The summed E-state index contributed by atoms with van der Waals surface area (Å²) in [6, 6.07) is 0. The van der Waals surface area contributed by atoms with Gasteiger partial charge in [0.2, 0.25) is 0 Å². The number of nitrogens with two attached hydrogens (primary N) is 2. The molecular weight excluding hydrogens is 423 g/mol. The minimum atomic E-state index is -5.17. The van der Waals surface area contributed by atoms with Crippen molar-refractivity contribution in [3.05, 3.63) is 0 Å². The molecule has 1 saturated carbocycles. The van der Waals surface area contributed by atoms with Crippen molar-refractivity contribution < 1.29 is 49.5 Å². The van der Waals surface area contributed by atoms with E-state index in [0.29, 0.717) is 0 Å². The first-order valence-electron chi connectivity index (χ1n) is 3.95. The second kappa shape index (κ2) is 11.9. The Hall–Kier alpha value is 0.398. The van der Waals surface area contributed by atoms with Crippen molar-refractivity contribution in [1.29, 1.82) is 0 Å². The van der Waals surface area contributed by atoms with Gasteiger partial charge in [-0.2, -0.15) is 0 Å². The summed E-state index contributed by atoms with van der Waals surface area (Å²) in [5.74, 6) is 1.50. The van der Waals surface area contributed by atoms with E-state index in [4.69, 9.17) is 29.0 Å². The maximum Gasteiger partial charge on any atom is 2.00 e. The summed E-state index contributed by atoms with van der Waals surface area (Å²) in [6.45, 7) is 1.67. The van der Waals surface area contributed by atoms with E-state index < -0.39 is 10.4 Å². The summed E-state index contributed by atoms with van der Waals surface area (Å²) in [6.07, 6.45) is 2.61. The van der Waals surface area contributed by atoms with Crippen molar-refractivity contribution >= 4 is 10.4 Å². The van der Waals surface area contributed by atoms with Crippen LogP contribution in [0.4, 0.5) is 0 Å². The van der Waals surface area contributed by atoms with Gasteiger partial charge in [-0.25, -0.2) is 0 Å². The van der Waals surface area contributed by atoms with Gasteiger partial charge in [0.15, 0.2) is 0 Å². The number of rotatable bonds is 2. The van der Waals surface area contributed by atoms with E-state index in [0.717, 1.165) is 24.9 Å². The van der Waals surface area contributed by atoms with E-state index in [-0.39, 0.29) is 32.0 Å². The fourth-order valence-electron chi connectivity index (χ4n) is 1.26. The first kappa shape index (κ1) is 25.3. The molecule has 1 fully saturated rings. The maximum atomic E-state index is 8.52. The number of hydrogen-bond acceptors (Lipinski definition) is 6. The molecule has 1 aliphatic carbocycles. The molecule has 8 nitrogen and oxygen atoms in total. The van der Waals surface area contributed by atoms with Gasteiger partial charge < -0.3 is 31.5 Å². The Balaban J connectivity index is -0.0000000818. The minimum absolute atomic E-state index is 0. The first-order chi connectivity index (χ1) is 5.88. The summed E-state index contributed by atoms with van der Waals surface area (Å²) < 4.78 is 34.1. The summed E-state index contributed by atoms with van der Waals surface area (Å²) in [5.41, 5.74) is 10.9. The second-order valence-corrected chi connectivity index (χ2v) is 3.79. The van der Waals surface area contributed by atoms with Crippen LogP contribution in [-0.4, -0.2) is 41.6 Å². The maximum absolute atomic E-state index is 8.52. The van der Waals surface area contributed by atoms with Gasteiger partial charge in [-0.05, 0) is 37.8 Å². The van der Waals surface area contributed by atoms with Gasteiger partial charge in [-0.1, -0.05) is 0 Å². The molecule has 0 unspecified atom stereocenters. The fourth-order valence-corrected chi connectivity index (χ4v) is 1.26. The monoisotopic (exact) mass is 441 g/mol. The molecule has 1 aliphatic rings. The van der Waals surface area contributed by atoms with Crippen LogP contribution in [0.25, 0.3) is 0 Å². The van der Waals surface area contributed by atoms with Crippen LogP contribution in [0.2, 0.25) is 0 Å². The Kier molecular flexibility index (Phi) is 18.8. The van der Waals surface area contributed by atoms with E-state index in [1.807, 2.05) is 0 Å². The van der Waals surface area contributed by atoms with Crippen molar-refractivity contribution in [2.24, 2.45) is 23.3 Å². The Morgan fingerprint density at radius 2 is 1.19 bits per heavy atom. The SMILES string of the molecule is NC[C@H]1CC[C@@H]1CN.O.O.O=S(=O)([O-])[O-].[Pt+2]. The fraction of sp³-hybridized carbons (Fsp3) is 1.00. The predicted octanol–water partition coefficient (Wildman–Crippen LogP) is -3.06. The quantitative estimate of drug-likeness (QED) is 0.337. The zero-order chi connectivity index (χ0) is 10.5. The zero-order valence-corrected chi connectivity index (χ0v) is 11.6. The van der Waals surface area contributed by atoms with Crippen molar-refractivity contribution in [3.63, 3.8) is 0 Å². The average Bonchev–Trinajstić information content (AvgIpc) is 1.83. The number of hydrogen-bond donors (Lipinski definition) is 2. The van der Waals surface area contributed by atoms with Crippen LogP contribution in [0.3, 0.4) is 0 Å². The Morgan fingerprint density at radius 3 is 1.25 bits per heavy atom. The van der Waals surface area contributed by atoms with Crippen LogP contribution in [0.15, 0.2) is 0 Å². The topological polar surface area (TPSA) is 195 Å². The Labute approximate surface area is 109 Å². The second-order valence-electron chi connectivity index (χ2n) is 2.98. The van der Waals surface area contributed by atoms with E-state index in [1.54, 1.807) is 0 Å². The molecule has 0 heterocycles. The van der Waals surface area contributed by atoms with Crippen LogP contribution in [0.5, 0.6) is 0 Å². The molecule has 0 radical (unpaired) electrons. The van der Waals surface area contributed by atoms with Gasteiger partial charge in [0.25, 0.3) is 0 Å². The van der Waals surface area contributed by atoms with Crippen LogP contribution in [-0.2, 0) is 31.5 Å². The molecule has 2 atom stereocenters. The zero-order valence-electron chi connectivity index (χ0n) is 8.50. The van der Waals surface area contributed by atoms with Crippen molar-refractivity contribution in [2.45, 2.75) is 12.8 Å². The van der Waals surface area contributed by atoms with Gasteiger partial charge in [0.1, 0.15) is 0 Å². The largest absolute Gasteiger partial charge is 2.00 e. The summed E-state index contributed by atoms with van der Waals surface area (Å²) in [5, 5.41) is 0. The molecule has 0 aromatic rings. The Bertz CT molecular complexity index is 215. The summed E-state index contributed by atoms with van der Waals surface area (Å²) in [4.78, 5) is 0. The third-order valence-corrected chi connectivity index (χ3v) is 2.18. The minimum Gasteiger partial charge on any atom is -0.759 e. The molecule has 0 aromatic heterocycles. The van der Waals surface area contributed by atoms with Gasteiger partial charge in [0.05, 0.1) is 0 Å². The van der Waals surface area contributed by atoms with Crippen LogP contribution in [0, 0.1) is 11.8 Å². The molecule has 10 heteroatoms. The molecule has 0 spiro atoms. The van der Waals surface area contributed by atoms with Gasteiger partial charge in [-0.15, -0.1) is 0 Å².